The van der Waals surface area contributed by atoms with E-state index in [1.165, 1.54) is 9.13 Å². The Bertz CT molecular complexity index is 1670. The van der Waals surface area contributed by atoms with Gasteiger partial charge in [0.25, 0.3) is 0 Å². The quantitative estimate of drug-likeness (QED) is 0.245. The van der Waals surface area contributed by atoms with Crippen molar-refractivity contribution in [3.05, 3.63) is 87.5 Å². The number of nitrogens with zero attached hydrogens (tertiary/aromatic N) is 4. The van der Waals surface area contributed by atoms with Crippen LogP contribution in [0.15, 0.2) is 69.8 Å². The molecule has 0 saturated heterocycles. The van der Waals surface area contributed by atoms with E-state index in [0.29, 0.717) is 52.0 Å². The molecular weight excluding hydrogens is 556 g/mol. The van der Waals surface area contributed by atoms with Crippen molar-refractivity contribution in [2.24, 2.45) is 10.7 Å². The molecule has 2 aromatic carbocycles. The SMILES string of the molecule is Cc1cc(N=C(C2=C(N)CCN(C(=O)OC(C)(C)C)[C@H]2C)n2ccn(-c3ccc(P(C)(C)=O)cc3)c2=O)cc(C)c1F. The maximum atomic E-state index is 14.5. The minimum Gasteiger partial charge on any atom is -0.444 e. The van der Waals surface area contributed by atoms with E-state index < -0.39 is 30.6 Å². The molecule has 2 N–H and O–H groups in total. The Kier molecular flexibility index (Phi) is 8.43. The first kappa shape index (κ1) is 31.0. The van der Waals surface area contributed by atoms with Crippen LogP contribution in [-0.2, 0) is 9.30 Å². The molecule has 4 rings (SSSR count). The number of carbonyl (C=O) groups is 1. The summed E-state index contributed by atoms with van der Waals surface area (Å²) in [6.07, 6.45) is 3.05. The van der Waals surface area contributed by atoms with E-state index in [-0.39, 0.29) is 11.7 Å². The third-order valence-corrected chi connectivity index (χ3v) is 8.68. The second-order valence-electron chi connectivity index (χ2n) is 12.1. The number of aromatic nitrogens is 2. The lowest BCUT2D eigenvalue weighted by atomic mass is 9.97. The molecule has 0 fully saturated rings. The van der Waals surface area contributed by atoms with Crippen molar-refractivity contribution in [1.29, 1.82) is 0 Å². The van der Waals surface area contributed by atoms with Gasteiger partial charge in [0.1, 0.15) is 24.4 Å². The van der Waals surface area contributed by atoms with E-state index >= 15 is 0 Å². The van der Waals surface area contributed by atoms with Crippen LogP contribution in [0.1, 0.15) is 45.2 Å². The molecule has 1 aliphatic rings. The van der Waals surface area contributed by atoms with E-state index in [1.807, 2.05) is 6.92 Å². The van der Waals surface area contributed by atoms with Gasteiger partial charge in [-0.05, 0) is 102 Å². The van der Waals surface area contributed by atoms with Gasteiger partial charge in [-0.2, -0.15) is 0 Å². The van der Waals surface area contributed by atoms with Crippen LogP contribution in [0.3, 0.4) is 0 Å². The van der Waals surface area contributed by atoms with Gasteiger partial charge in [0.05, 0.1) is 17.4 Å². The molecule has 42 heavy (non-hydrogen) atoms. The molecule has 1 atom stereocenters. The molecular formula is C31H39FN5O4P. The zero-order valence-corrected chi connectivity index (χ0v) is 26.3. The predicted octanol–water partition coefficient (Wildman–Crippen LogP) is 5.46. The van der Waals surface area contributed by atoms with E-state index in [4.69, 9.17) is 15.5 Å². The summed E-state index contributed by atoms with van der Waals surface area (Å²) >= 11 is 0. The first-order valence-corrected chi connectivity index (χ1v) is 16.4. The Morgan fingerprint density at radius 3 is 2.24 bits per heavy atom. The Balaban J connectivity index is 1.88. The number of hydrogen-bond donors (Lipinski definition) is 1. The molecule has 0 aliphatic carbocycles. The van der Waals surface area contributed by atoms with Crippen molar-refractivity contribution in [3.8, 4) is 5.69 Å². The van der Waals surface area contributed by atoms with Crippen molar-refractivity contribution in [3.63, 3.8) is 0 Å². The molecule has 1 aromatic heterocycles. The zero-order valence-electron chi connectivity index (χ0n) is 25.4. The number of aliphatic imine (C=N–C) groups is 1. The van der Waals surface area contributed by atoms with E-state index in [2.05, 4.69) is 0 Å². The average Bonchev–Trinajstić information content (AvgIpc) is 3.26. The summed E-state index contributed by atoms with van der Waals surface area (Å²) < 4.78 is 35.4. The number of imidazole rings is 1. The number of halogens is 1. The van der Waals surface area contributed by atoms with Crippen LogP contribution in [-0.4, -0.2) is 57.5 Å². The summed E-state index contributed by atoms with van der Waals surface area (Å²) in [6.45, 7) is 14.2. The summed E-state index contributed by atoms with van der Waals surface area (Å²) in [5, 5.41) is 0.708. The number of aryl methyl sites for hydroxylation is 2. The van der Waals surface area contributed by atoms with Gasteiger partial charge < -0.3 is 19.9 Å². The molecule has 0 radical (unpaired) electrons. The zero-order chi connectivity index (χ0) is 31.1. The molecule has 224 valence electrons. The Hall–Kier alpha value is -3.91. The highest BCUT2D eigenvalue weighted by molar-refractivity contribution is 7.70. The summed E-state index contributed by atoms with van der Waals surface area (Å²) in [5.74, 6) is -0.0995. The molecule has 11 heteroatoms. The molecule has 0 unspecified atom stereocenters. The van der Waals surface area contributed by atoms with E-state index in [1.54, 1.807) is 102 Å². The summed E-state index contributed by atoms with van der Waals surface area (Å²) in [7, 11) is -2.46. The van der Waals surface area contributed by atoms with Crippen LogP contribution < -0.4 is 16.7 Å². The number of ether oxygens (including phenoxy) is 1. The molecule has 1 amide bonds. The van der Waals surface area contributed by atoms with Crippen molar-refractivity contribution in [1.82, 2.24) is 14.0 Å². The average molecular weight is 596 g/mol. The Morgan fingerprint density at radius 2 is 1.69 bits per heavy atom. The highest BCUT2D eigenvalue weighted by Crippen LogP contribution is 2.34. The maximum Gasteiger partial charge on any atom is 0.410 e. The smallest absolute Gasteiger partial charge is 0.410 e. The lowest BCUT2D eigenvalue weighted by molar-refractivity contribution is 0.0197. The number of amides is 1. The van der Waals surface area contributed by atoms with Crippen LogP contribution in [0.4, 0.5) is 14.9 Å². The molecule has 3 aromatic rings. The first-order valence-electron chi connectivity index (χ1n) is 13.8. The lowest BCUT2D eigenvalue weighted by Crippen LogP contribution is -2.49. The first-order chi connectivity index (χ1) is 19.5. The summed E-state index contributed by atoms with van der Waals surface area (Å²) in [4.78, 5) is 33.4. The second-order valence-corrected chi connectivity index (χ2v) is 15.3. The molecule has 1 aliphatic heterocycles. The number of nitrogens with two attached hydrogens (primary N) is 1. The predicted molar refractivity (Wildman–Crippen MR) is 166 cm³/mol. The fourth-order valence-electron chi connectivity index (χ4n) is 4.95. The second kappa shape index (κ2) is 11.4. The minimum absolute atomic E-state index is 0.227. The van der Waals surface area contributed by atoms with Gasteiger partial charge in [0.2, 0.25) is 0 Å². The maximum absolute atomic E-state index is 14.5. The van der Waals surface area contributed by atoms with Gasteiger partial charge in [-0.15, -0.1) is 0 Å². The third kappa shape index (κ3) is 6.44. The fraction of sp³-hybridized carbons (Fsp3) is 0.387. The van der Waals surface area contributed by atoms with Gasteiger partial charge >= 0.3 is 11.8 Å². The van der Waals surface area contributed by atoms with Crippen molar-refractivity contribution < 1.29 is 18.5 Å². The van der Waals surface area contributed by atoms with Gasteiger partial charge in [-0.25, -0.2) is 19.0 Å². The highest BCUT2D eigenvalue weighted by Gasteiger charge is 2.35. The number of hydrogen-bond acceptors (Lipinski definition) is 6. The third-order valence-electron chi connectivity index (χ3n) is 7.13. The van der Waals surface area contributed by atoms with Gasteiger partial charge in [-0.1, -0.05) is 0 Å². The number of carbonyl (C=O) groups excluding carboxylic acids is 1. The molecule has 9 nitrogen and oxygen atoms in total. The number of rotatable bonds is 4. The van der Waals surface area contributed by atoms with Crippen molar-refractivity contribution in [2.45, 2.75) is 59.6 Å². The monoisotopic (exact) mass is 595 g/mol. The molecule has 0 spiro atoms. The highest BCUT2D eigenvalue weighted by atomic mass is 31.2. The van der Waals surface area contributed by atoms with Crippen LogP contribution in [0.2, 0.25) is 0 Å². The lowest BCUT2D eigenvalue weighted by Gasteiger charge is -2.37. The van der Waals surface area contributed by atoms with Crippen LogP contribution >= 0.6 is 7.14 Å². The Morgan fingerprint density at radius 1 is 1.10 bits per heavy atom. The van der Waals surface area contributed by atoms with Crippen LogP contribution in [0.5, 0.6) is 0 Å². The largest absolute Gasteiger partial charge is 0.444 e. The van der Waals surface area contributed by atoms with E-state index in [0.717, 1.165) is 0 Å². The normalized spacial score (nSPS) is 16.6. The van der Waals surface area contributed by atoms with Gasteiger partial charge in [0.15, 0.2) is 0 Å². The molecule has 0 saturated carbocycles. The summed E-state index contributed by atoms with van der Waals surface area (Å²) in [6, 6.07) is 9.62. The standard InChI is InChI=1S/C31H39FN5O4P/c1-19-17-22(18-20(2)27(19)32)34-28(26-21(3)35(14-13-25(26)33)30(39)41-31(4,5)6)37-16-15-36(29(37)38)23-9-11-24(12-10-23)42(7,8)40/h9-12,15-18,21H,13-14,33H2,1-8H3/t21-/m0/s1. The van der Waals surface area contributed by atoms with Gasteiger partial charge in [-0.3, -0.25) is 9.13 Å². The van der Waals surface area contributed by atoms with Crippen molar-refractivity contribution >= 4 is 30.1 Å². The van der Waals surface area contributed by atoms with Crippen molar-refractivity contribution in [2.75, 3.05) is 19.9 Å². The van der Waals surface area contributed by atoms with E-state index in [9.17, 15) is 18.5 Å². The fourth-order valence-corrected chi connectivity index (χ4v) is 5.82. The Labute approximate surface area is 245 Å². The molecule has 0 bridgehead atoms. The summed E-state index contributed by atoms with van der Waals surface area (Å²) in [5.41, 5.74) is 8.29. The number of benzene rings is 2. The molecule has 2 heterocycles. The van der Waals surface area contributed by atoms with Crippen LogP contribution in [0, 0.1) is 19.7 Å². The van der Waals surface area contributed by atoms with Gasteiger partial charge in [0, 0.05) is 41.9 Å². The minimum atomic E-state index is -2.46. The van der Waals surface area contributed by atoms with Crippen LogP contribution in [0.25, 0.3) is 5.69 Å². The topological polar surface area (TPSA) is 112 Å².